The molecule has 0 N–H and O–H groups in total. The first-order valence-electron chi connectivity index (χ1n) is 5.69. The van der Waals surface area contributed by atoms with Gasteiger partial charge in [-0.25, -0.2) is 4.68 Å². The van der Waals surface area contributed by atoms with E-state index in [2.05, 4.69) is 33.9 Å². The Morgan fingerprint density at radius 2 is 2.11 bits per heavy atom. The third-order valence-electron chi connectivity index (χ3n) is 2.27. The van der Waals surface area contributed by atoms with E-state index in [9.17, 15) is 0 Å². The van der Waals surface area contributed by atoms with Crippen LogP contribution in [0.3, 0.4) is 0 Å². The highest BCUT2D eigenvalue weighted by molar-refractivity contribution is 6.28. The Bertz CT molecular complexity index is 510. The predicted molar refractivity (Wildman–Crippen MR) is 70.1 cm³/mol. The van der Waals surface area contributed by atoms with E-state index in [4.69, 9.17) is 11.6 Å². The minimum atomic E-state index is 0.168. The number of rotatable bonds is 4. The quantitative estimate of drug-likeness (QED) is 0.845. The van der Waals surface area contributed by atoms with Crippen LogP contribution in [0.1, 0.15) is 13.8 Å². The second-order valence-corrected chi connectivity index (χ2v) is 4.77. The molecule has 0 aromatic carbocycles. The Balaban J connectivity index is 2.32. The third-order valence-corrected chi connectivity index (χ3v) is 2.44. The molecule has 0 amide bonds. The van der Waals surface area contributed by atoms with Crippen LogP contribution in [-0.4, -0.2) is 38.3 Å². The van der Waals surface area contributed by atoms with Crippen LogP contribution in [0.5, 0.6) is 0 Å². The summed E-state index contributed by atoms with van der Waals surface area (Å²) in [5.41, 5.74) is 0. The summed E-state index contributed by atoms with van der Waals surface area (Å²) in [6.45, 7) is 5.11. The molecule has 2 aromatic heterocycles. The summed E-state index contributed by atoms with van der Waals surface area (Å²) in [4.78, 5) is 14.5. The van der Waals surface area contributed by atoms with Crippen LogP contribution in [-0.2, 0) is 0 Å². The summed E-state index contributed by atoms with van der Waals surface area (Å²) < 4.78 is 1.56. The van der Waals surface area contributed by atoms with Gasteiger partial charge < -0.3 is 4.90 Å². The molecular formula is C11H15ClN6. The lowest BCUT2D eigenvalue weighted by atomic mass is 10.2. The Morgan fingerprint density at radius 1 is 1.33 bits per heavy atom. The molecule has 0 saturated carbocycles. The molecule has 0 unspecified atom stereocenters. The molecule has 7 heteroatoms. The zero-order valence-electron chi connectivity index (χ0n) is 10.6. The van der Waals surface area contributed by atoms with Crippen molar-refractivity contribution < 1.29 is 0 Å². The number of halogens is 1. The Labute approximate surface area is 111 Å². The van der Waals surface area contributed by atoms with Crippen LogP contribution in [0, 0.1) is 5.92 Å². The fraction of sp³-hybridized carbons (Fsp3) is 0.455. The van der Waals surface area contributed by atoms with Crippen LogP contribution in [0.2, 0.25) is 5.28 Å². The third kappa shape index (κ3) is 2.95. The van der Waals surface area contributed by atoms with Gasteiger partial charge in [0.1, 0.15) is 0 Å². The van der Waals surface area contributed by atoms with Gasteiger partial charge in [0.25, 0.3) is 5.95 Å². The van der Waals surface area contributed by atoms with Crippen molar-refractivity contribution in [1.82, 2.24) is 24.7 Å². The highest BCUT2D eigenvalue weighted by atomic mass is 35.5. The average Bonchev–Trinajstić information content (AvgIpc) is 2.80. The van der Waals surface area contributed by atoms with Crippen molar-refractivity contribution in [3.8, 4) is 5.95 Å². The van der Waals surface area contributed by atoms with Crippen molar-refractivity contribution in [1.29, 1.82) is 0 Å². The van der Waals surface area contributed by atoms with Crippen molar-refractivity contribution >= 4 is 17.5 Å². The largest absolute Gasteiger partial charge is 0.343 e. The highest BCUT2D eigenvalue weighted by Crippen LogP contribution is 2.13. The van der Waals surface area contributed by atoms with Crippen LogP contribution < -0.4 is 4.90 Å². The maximum Gasteiger partial charge on any atom is 0.256 e. The number of aromatic nitrogens is 5. The molecule has 0 saturated heterocycles. The number of anilines is 1. The lowest BCUT2D eigenvalue weighted by Crippen LogP contribution is -2.25. The molecule has 2 aromatic rings. The monoisotopic (exact) mass is 266 g/mol. The van der Waals surface area contributed by atoms with E-state index in [0.717, 1.165) is 6.54 Å². The maximum atomic E-state index is 5.92. The summed E-state index contributed by atoms with van der Waals surface area (Å²) >= 11 is 5.92. The molecule has 96 valence electrons. The molecule has 0 fully saturated rings. The van der Waals surface area contributed by atoms with Crippen molar-refractivity contribution in [3.63, 3.8) is 0 Å². The first kappa shape index (κ1) is 12.8. The van der Waals surface area contributed by atoms with E-state index in [0.29, 0.717) is 17.8 Å². The first-order valence-corrected chi connectivity index (χ1v) is 6.07. The SMILES string of the molecule is CC(C)CN(C)c1nc(Cl)nc(-n2cccn2)n1. The lowest BCUT2D eigenvalue weighted by Gasteiger charge is -2.19. The topological polar surface area (TPSA) is 59.7 Å². The first-order chi connectivity index (χ1) is 8.56. The van der Waals surface area contributed by atoms with E-state index in [1.165, 1.54) is 0 Å². The summed E-state index contributed by atoms with van der Waals surface area (Å²) in [6.07, 6.45) is 3.42. The molecule has 6 nitrogen and oxygen atoms in total. The fourth-order valence-corrected chi connectivity index (χ4v) is 1.77. The van der Waals surface area contributed by atoms with Gasteiger partial charge in [-0.2, -0.15) is 20.1 Å². The van der Waals surface area contributed by atoms with Gasteiger partial charge in [-0.3, -0.25) is 0 Å². The molecule has 18 heavy (non-hydrogen) atoms. The summed E-state index contributed by atoms with van der Waals surface area (Å²) in [6, 6.07) is 1.80. The molecule has 0 aliphatic rings. The van der Waals surface area contributed by atoms with Gasteiger partial charge in [0.15, 0.2) is 0 Å². The molecule has 0 aliphatic carbocycles. The van der Waals surface area contributed by atoms with Gasteiger partial charge in [-0.15, -0.1) is 0 Å². The molecule has 0 radical (unpaired) electrons. The standard InChI is InChI=1S/C11H15ClN6/c1-8(2)7-17(3)10-14-9(12)15-11(16-10)18-6-4-5-13-18/h4-6,8H,7H2,1-3H3. The van der Waals surface area contributed by atoms with E-state index >= 15 is 0 Å². The Hall–Kier alpha value is -1.69. The van der Waals surface area contributed by atoms with Gasteiger partial charge in [0.05, 0.1) is 0 Å². The average molecular weight is 267 g/mol. The normalized spacial score (nSPS) is 10.9. The molecule has 0 spiro atoms. The molecule has 0 bridgehead atoms. The highest BCUT2D eigenvalue weighted by Gasteiger charge is 2.11. The second-order valence-electron chi connectivity index (χ2n) is 4.43. The van der Waals surface area contributed by atoms with E-state index in [-0.39, 0.29) is 5.28 Å². The zero-order chi connectivity index (χ0) is 13.1. The fourth-order valence-electron chi connectivity index (χ4n) is 1.62. The van der Waals surface area contributed by atoms with Gasteiger partial charge in [-0.05, 0) is 23.6 Å². The van der Waals surface area contributed by atoms with Crippen LogP contribution in [0.25, 0.3) is 5.95 Å². The van der Waals surface area contributed by atoms with Gasteiger partial charge in [-0.1, -0.05) is 13.8 Å². The summed E-state index contributed by atoms with van der Waals surface area (Å²) in [5.74, 6) is 1.48. The van der Waals surface area contributed by atoms with Crippen LogP contribution >= 0.6 is 11.6 Å². The number of hydrogen-bond donors (Lipinski definition) is 0. The minimum Gasteiger partial charge on any atom is -0.343 e. The lowest BCUT2D eigenvalue weighted by molar-refractivity contribution is 0.627. The molecule has 0 aliphatic heterocycles. The number of hydrogen-bond acceptors (Lipinski definition) is 5. The number of nitrogens with zero attached hydrogens (tertiary/aromatic N) is 6. The van der Waals surface area contributed by atoms with Crippen molar-refractivity contribution in [3.05, 3.63) is 23.7 Å². The molecule has 2 rings (SSSR count). The molecule has 0 atom stereocenters. The van der Waals surface area contributed by atoms with Gasteiger partial charge >= 0.3 is 0 Å². The van der Waals surface area contributed by atoms with Gasteiger partial charge in [0, 0.05) is 26.0 Å². The van der Waals surface area contributed by atoms with E-state index < -0.39 is 0 Å². The summed E-state index contributed by atoms with van der Waals surface area (Å²) in [5, 5.41) is 4.24. The smallest absolute Gasteiger partial charge is 0.256 e. The van der Waals surface area contributed by atoms with Crippen LogP contribution in [0.15, 0.2) is 18.5 Å². The van der Waals surface area contributed by atoms with E-state index in [1.54, 1.807) is 23.1 Å². The van der Waals surface area contributed by atoms with Crippen molar-refractivity contribution in [2.24, 2.45) is 5.92 Å². The van der Waals surface area contributed by atoms with Crippen molar-refractivity contribution in [2.45, 2.75) is 13.8 Å². The van der Waals surface area contributed by atoms with Crippen molar-refractivity contribution in [2.75, 3.05) is 18.5 Å². The Morgan fingerprint density at radius 3 is 2.72 bits per heavy atom. The van der Waals surface area contributed by atoms with E-state index in [1.807, 2.05) is 11.9 Å². The summed E-state index contributed by atoms with van der Waals surface area (Å²) in [7, 11) is 1.93. The molecular weight excluding hydrogens is 252 g/mol. The zero-order valence-corrected chi connectivity index (χ0v) is 11.3. The Kier molecular flexibility index (Phi) is 3.76. The maximum absolute atomic E-state index is 5.92. The predicted octanol–water partition coefficient (Wildman–Crippen LogP) is 1.80. The van der Waals surface area contributed by atoms with Crippen LogP contribution in [0.4, 0.5) is 5.95 Å². The second kappa shape index (κ2) is 5.30. The molecule has 2 heterocycles. The minimum absolute atomic E-state index is 0.168. The van der Waals surface area contributed by atoms with Gasteiger partial charge in [0.2, 0.25) is 11.2 Å².